The van der Waals surface area contributed by atoms with E-state index in [9.17, 15) is 23.3 Å². The van der Waals surface area contributed by atoms with E-state index in [0.29, 0.717) is 16.3 Å². The summed E-state index contributed by atoms with van der Waals surface area (Å²) in [7, 11) is -4.19. The third-order valence-electron chi connectivity index (χ3n) is 4.23. The third kappa shape index (κ3) is 6.30. The van der Waals surface area contributed by atoms with Crippen LogP contribution in [0.25, 0.3) is 0 Å². The van der Waals surface area contributed by atoms with Gasteiger partial charge in [-0.2, -0.15) is 4.72 Å². The summed E-state index contributed by atoms with van der Waals surface area (Å²) < 4.78 is 37.2. The van der Waals surface area contributed by atoms with Crippen LogP contribution in [0.1, 0.15) is 11.3 Å². The highest BCUT2D eigenvalue weighted by Crippen LogP contribution is 2.28. The van der Waals surface area contributed by atoms with Gasteiger partial charge in [0.05, 0.1) is 22.6 Å². The van der Waals surface area contributed by atoms with Crippen molar-refractivity contribution in [2.45, 2.75) is 18.0 Å². The van der Waals surface area contributed by atoms with Crippen LogP contribution in [-0.4, -0.2) is 25.9 Å². The molecule has 1 heterocycles. The lowest BCUT2D eigenvalue weighted by atomic mass is 10.2. The fourth-order valence-corrected chi connectivity index (χ4v) is 3.72. The number of nitro groups is 1. The van der Waals surface area contributed by atoms with Crippen molar-refractivity contribution < 1.29 is 27.3 Å². The summed E-state index contributed by atoms with van der Waals surface area (Å²) in [6.07, 6.45) is 1.47. The van der Waals surface area contributed by atoms with Gasteiger partial charge in [-0.15, -0.1) is 0 Å². The van der Waals surface area contributed by atoms with Gasteiger partial charge in [-0.1, -0.05) is 23.7 Å². The molecular weight excluding hydrogens is 462 g/mol. The Labute approximate surface area is 188 Å². The van der Waals surface area contributed by atoms with E-state index in [0.717, 1.165) is 6.07 Å². The molecule has 3 aromatic rings. The molecule has 0 unspecified atom stereocenters. The monoisotopic (exact) mass is 479 g/mol. The van der Waals surface area contributed by atoms with Gasteiger partial charge in [0.25, 0.3) is 5.69 Å². The molecule has 32 heavy (non-hydrogen) atoms. The number of rotatable bonds is 10. The average molecular weight is 480 g/mol. The lowest BCUT2D eigenvalue weighted by molar-refractivity contribution is -0.384. The zero-order chi connectivity index (χ0) is 23.1. The SMILES string of the molecule is O=C(CNS(=O)(=O)c1ccc(NCc2ccco2)c([N+](=O)[O-])c1)OCc1ccc(Cl)cc1. The quantitative estimate of drug-likeness (QED) is 0.256. The van der Waals surface area contributed by atoms with Gasteiger partial charge in [0.1, 0.15) is 24.6 Å². The van der Waals surface area contributed by atoms with E-state index in [1.807, 2.05) is 0 Å². The second-order valence-electron chi connectivity index (χ2n) is 6.48. The van der Waals surface area contributed by atoms with Crippen molar-refractivity contribution >= 4 is 39.0 Å². The van der Waals surface area contributed by atoms with Crippen LogP contribution < -0.4 is 10.0 Å². The lowest BCUT2D eigenvalue weighted by Gasteiger charge is -2.10. The molecule has 168 valence electrons. The molecule has 0 saturated carbocycles. The number of nitro benzene ring substituents is 1. The van der Waals surface area contributed by atoms with Gasteiger partial charge in [0, 0.05) is 11.1 Å². The smallest absolute Gasteiger partial charge is 0.321 e. The predicted molar refractivity (Wildman–Crippen MR) is 116 cm³/mol. The van der Waals surface area contributed by atoms with Crippen LogP contribution in [0.4, 0.5) is 11.4 Å². The summed E-state index contributed by atoms with van der Waals surface area (Å²) in [6.45, 7) is -0.515. The second-order valence-corrected chi connectivity index (χ2v) is 8.68. The van der Waals surface area contributed by atoms with Crippen LogP contribution >= 0.6 is 11.6 Å². The van der Waals surface area contributed by atoms with E-state index in [1.165, 1.54) is 18.4 Å². The number of furan rings is 1. The highest BCUT2D eigenvalue weighted by atomic mass is 35.5. The minimum Gasteiger partial charge on any atom is -0.467 e. The van der Waals surface area contributed by atoms with Crippen molar-refractivity contribution in [1.82, 2.24) is 4.72 Å². The van der Waals surface area contributed by atoms with E-state index in [-0.39, 0.29) is 23.7 Å². The second kappa shape index (κ2) is 10.3. The number of anilines is 1. The number of halogens is 1. The molecule has 0 radical (unpaired) electrons. The third-order valence-corrected chi connectivity index (χ3v) is 5.88. The van der Waals surface area contributed by atoms with E-state index in [1.54, 1.807) is 36.4 Å². The fourth-order valence-electron chi connectivity index (χ4n) is 2.61. The Morgan fingerprint density at radius 2 is 1.91 bits per heavy atom. The normalized spacial score (nSPS) is 11.2. The van der Waals surface area contributed by atoms with Gasteiger partial charge < -0.3 is 14.5 Å². The molecule has 0 spiro atoms. The van der Waals surface area contributed by atoms with Crippen LogP contribution in [0.2, 0.25) is 5.02 Å². The molecule has 0 fully saturated rings. The Bertz CT molecular complexity index is 1200. The summed E-state index contributed by atoms with van der Waals surface area (Å²) in [5, 5.41) is 14.8. The number of sulfonamides is 1. The van der Waals surface area contributed by atoms with E-state index in [2.05, 4.69) is 10.0 Å². The molecule has 2 N–H and O–H groups in total. The van der Waals surface area contributed by atoms with Crippen molar-refractivity contribution in [2.75, 3.05) is 11.9 Å². The molecular formula is C20H18ClN3O7S. The van der Waals surface area contributed by atoms with Gasteiger partial charge in [-0.25, -0.2) is 8.42 Å². The molecule has 3 rings (SSSR count). The predicted octanol–water partition coefficient (Wildman–Crippen LogP) is 3.48. The maximum absolute atomic E-state index is 12.5. The van der Waals surface area contributed by atoms with Crippen LogP contribution in [0.3, 0.4) is 0 Å². The summed E-state index contributed by atoms with van der Waals surface area (Å²) in [4.78, 5) is 22.2. The van der Waals surface area contributed by atoms with Gasteiger partial charge in [0.15, 0.2) is 0 Å². The number of hydrogen-bond donors (Lipinski definition) is 2. The van der Waals surface area contributed by atoms with Gasteiger partial charge in [-0.3, -0.25) is 14.9 Å². The number of esters is 1. The number of carbonyl (C=O) groups excluding carboxylic acids is 1. The van der Waals surface area contributed by atoms with Crippen molar-refractivity contribution in [3.8, 4) is 0 Å². The molecule has 0 aliphatic heterocycles. The van der Waals surface area contributed by atoms with Gasteiger partial charge >= 0.3 is 5.97 Å². The largest absolute Gasteiger partial charge is 0.467 e. The first-order valence-electron chi connectivity index (χ1n) is 9.19. The van der Waals surface area contributed by atoms with E-state index >= 15 is 0 Å². The average Bonchev–Trinajstić information content (AvgIpc) is 3.29. The molecule has 0 aliphatic carbocycles. The van der Waals surface area contributed by atoms with Gasteiger partial charge in [-0.05, 0) is 42.0 Å². The van der Waals surface area contributed by atoms with Gasteiger partial charge in [0.2, 0.25) is 10.0 Å². The van der Waals surface area contributed by atoms with Crippen LogP contribution in [0, 0.1) is 10.1 Å². The Kier molecular flexibility index (Phi) is 7.46. The lowest BCUT2D eigenvalue weighted by Crippen LogP contribution is -2.30. The Morgan fingerprint density at radius 1 is 1.16 bits per heavy atom. The Morgan fingerprint density at radius 3 is 2.56 bits per heavy atom. The summed E-state index contributed by atoms with van der Waals surface area (Å²) in [5.41, 5.74) is 0.358. The molecule has 0 saturated heterocycles. The number of carbonyl (C=O) groups is 1. The number of nitrogens with one attached hydrogen (secondary N) is 2. The van der Waals surface area contributed by atoms with Crippen molar-refractivity contribution in [3.05, 3.63) is 87.3 Å². The highest BCUT2D eigenvalue weighted by molar-refractivity contribution is 7.89. The molecule has 0 amide bonds. The minimum atomic E-state index is -4.19. The molecule has 0 aliphatic rings. The topological polar surface area (TPSA) is 141 Å². The Hall–Kier alpha value is -3.41. The van der Waals surface area contributed by atoms with Crippen molar-refractivity contribution in [3.63, 3.8) is 0 Å². The number of hydrogen-bond acceptors (Lipinski definition) is 8. The first kappa shape index (κ1) is 23.3. The zero-order valence-electron chi connectivity index (χ0n) is 16.5. The molecule has 0 atom stereocenters. The summed E-state index contributed by atoms with van der Waals surface area (Å²) >= 11 is 5.78. The first-order chi connectivity index (χ1) is 15.2. The number of nitrogens with zero attached hydrogens (tertiary/aromatic N) is 1. The van der Waals surface area contributed by atoms with Crippen molar-refractivity contribution in [2.24, 2.45) is 0 Å². The highest BCUT2D eigenvalue weighted by Gasteiger charge is 2.22. The number of benzene rings is 2. The molecule has 10 nitrogen and oxygen atoms in total. The molecule has 1 aromatic heterocycles. The number of ether oxygens (including phenoxy) is 1. The molecule has 0 bridgehead atoms. The summed E-state index contributed by atoms with van der Waals surface area (Å²) in [5.74, 6) is -0.260. The minimum absolute atomic E-state index is 0.0563. The zero-order valence-corrected chi connectivity index (χ0v) is 18.1. The van der Waals surface area contributed by atoms with E-state index in [4.69, 9.17) is 20.8 Å². The maximum Gasteiger partial charge on any atom is 0.321 e. The Balaban J connectivity index is 1.62. The van der Waals surface area contributed by atoms with Crippen LogP contribution in [0.15, 0.2) is 70.2 Å². The maximum atomic E-state index is 12.5. The van der Waals surface area contributed by atoms with Crippen LogP contribution in [-0.2, 0) is 32.7 Å². The molecule has 2 aromatic carbocycles. The standard InChI is InChI=1S/C20H18ClN3O7S/c21-15-5-3-14(4-6-15)13-31-20(25)12-23-32(28,29)17-7-8-18(19(10-17)24(26)27)22-11-16-2-1-9-30-16/h1-10,22-23H,11-13H2. The van der Waals surface area contributed by atoms with E-state index < -0.39 is 33.1 Å². The fraction of sp³-hybridized carbons (Fsp3) is 0.150. The first-order valence-corrected chi connectivity index (χ1v) is 11.0. The van der Waals surface area contributed by atoms with Crippen molar-refractivity contribution in [1.29, 1.82) is 0 Å². The van der Waals surface area contributed by atoms with Crippen LogP contribution in [0.5, 0.6) is 0 Å². The molecule has 12 heteroatoms. The summed E-state index contributed by atoms with van der Waals surface area (Å²) in [6, 6.07) is 13.3.